The lowest BCUT2D eigenvalue weighted by Crippen LogP contribution is -2.48. The van der Waals surface area contributed by atoms with Gasteiger partial charge in [0.15, 0.2) is 0 Å². The van der Waals surface area contributed by atoms with Gasteiger partial charge in [-0.25, -0.2) is 0 Å². The highest BCUT2D eigenvalue weighted by molar-refractivity contribution is 6.12. The Balaban J connectivity index is 1.93. The van der Waals surface area contributed by atoms with Crippen LogP contribution >= 0.6 is 0 Å². The second-order valence-corrected chi connectivity index (χ2v) is 5.92. The molecule has 1 aliphatic heterocycles. The van der Waals surface area contributed by atoms with E-state index >= 15 is 0 Å². The van der Waals surface area contributed by atoms with Crippen molar-refractivity contribution in [1.82, 2.24) is 0 Å². The molecule has 3 nitrogen and oxygen atoms in total. The van der Waals surface area contributed by atoms with E-state index in [-0.39, 0.29) is 12.1 Å². The highest BCUT2D eigenvalue weighted by Crippen LogP contribution is 2.40. The number of hydrogen-bond donors (Lipinski definition) is 0. The second kappa shape index (κ2) is 5.85. The summed E-state index contributed by atoms with van der Waals surface area (Å²) in [5.74, 6) is 0.0313. The van der Waals surface area contributed by atoms with Crippen LogP contribution in [0.1, 0.15) is 22.1 Å². The van der Waals surface area contributed by atoms with E-state index in [0.717, 1.165) is 22.5 Å². The molecule has 0 saturated heterocycles. The summed E-state index contributed by atoms with van der Waals surface area (Å²) in [4.78, 5) is 17.3. The fourth-order valence-electron chi connectivity index (χ4n) is 3.35. The molecule has 3 aromatic rings. The minimum absolute atomic E-state index is 0.0313. The summed E-state index contributed by atoms with van der Waals surface area (Å²) in [5, 5.41) is 0. The number of carbonyl (C=O) groups is 1. The fraction of sp³-hybridized carbons (Fsp3) is 0.0952. The predicted octanol–water partition coefficient (Wildman–Crippen LogP) is 4.48. The highest BCUT2D eigenvalue weighted by atomic mass is 16.2. The maximum absolute atomic E-state index is 13.2. The quantitative estimate of drug-likeness (QED) is 0.696. The zero-order valence-corrected chi connectivity index (χ0v) is 13.5. The van der Waals surface area contributed by atoms with Crippen molar-refractivity contribution in [3.63, 3.8) is 0 Å². The van der Waals surface area contributed by atoms with Gasteiger partial charge >= 0.3 is 0 Å². The lowest BCUT2D eigenvalue weighted by Gasteiger charge is -2.44. The first-order valence-corrected chi connectivity index (χ1v) is 8.03. The molecule has 0 fully saturated rings. The van der Waals surface area contributed by atoms with E-state index in [9.17, 15) is 4.79 Å². The van der Waals surface area contributed by atoms with Crippen LogP contribution in [0.2, 0.25) is 0 Å². The molecule has 0 bridgehead atoms. The van der Waals surface area contributed by atoms with E-state index in [1.165, 1.54) is 0 Å². The molecule has 0 aliphatic carbocycles. The van der Waals surface area contributed by atoms with E-state index in [1.807, 2.05) is 84.7 Å². The fourth-order valence-corrected chi connectivity index (χ4v) is 3.35. The normalized spacial score (nSPS) is 16.9. The smallest absolute Gasteiger partial charge is 0.262 e. The molecule has 0 saturated carbocycles. The van der Waals surface area contributed by atoms with E-state index in [2.05, 4.69) is 17.0 Å². The lowest BCUT2D eigenvalue weighted by molar-refractivity contribution is 0.0969. The molecule has 3 heteroatoms. The largest absolute Gasteiger partial charge is 0.349 e. The Morgan fingerprint density at radius 1 is 0.750 bits per heavy atom. The van der Waals surface area contributed by atoms with Crippen molar-refractivity contribution in [3.05, 3.63) is 96.1 Å². The molecule has 118 valence electrons. The van der Waals surface area contributed by atoms with Crippen molar-refractivity contribution in [1.29, 1.82) is 0 Å². The maximum Gasteiger partial charge on any atom is 0.262 e. The average Bonchev–Trinajstić information content (AvgIpc) is 2.66. The van der Waals surface area contributed by atoms with Crippen molar-refractivity contribution in [2.75, 3.05) is 16.8 Å². The molecule has 24 heavy (non-hydrogen) atoms. The van der Waals surface area contributed by atoms with Crippen LogP contribution in [-0.2, 0) is 0 Å². The minimum atomic E-state index is -0.170. The Morgan fingerprint density at radius 2 is 1.33 bits per heavy atom. The van der Waals surface area contributed by atoms with Crippen molar-refractivity contribution < 1.29 is 4.79 Å². The molecule has 0 N–H and O–H groups in total. The molecular weight excluding hydrogens is 296 g/mol. The van der Waals surface area contributed by atoms with Crippen molar-refractivity contribution in [2.45, 2.75) is 6.17 Å². The van der Waals surface area contributed by atoms with E-state index in [4.69, 9.17) is 0 Å². The van der Waals surface area contributed by atoms with Gasteiger partial charge in [-0.1, -0.05) is 60.7 Å². The Morgan fingerprint density at radius 3 is 2.04 bits per heavy atom. The van der Waals surface area contributed by atoms with Gasteiger partial charge in [0, 0.05) is 12.7 Å². The summed E-state index contributed by atoms with van der Waals surface area (Å²) in [7, 11) is 2.04. The molecule has 0 radical (unpaired) electrons. The van der Waals surface area contributed by atoms with Gasteiger partial charge in [0.25, 0.3) is 5.91 Å². The Bertz CT molecular complexity index is 861. The van der Waals surface area contributed by atoms with Crippen molar-refractivity contribution in [3.8, 4) is 0 Å². The Labute approximate surface area is 141 Å². The van der Waals surface area contributed by atoms with Gasteiger partial charge in [-0.2, -0.15) is 0 Å². The molecule has 3 aromatic carbocycles. The topological polar surface area (TPSA) is 23.6 Å². The molecule has 1 amide bonds. The van der Waals surface area contributed by atoms with Crippen LogP contribution in [0.25, 0.3) is 0 Å². The highest BCUT2D eigenvalue weighted by Gasteiger charge is 2.37. The van der Waals surface area contributed by atoms with Crippen LogP contribution < -0.4 is 9.80 Å². The number of hydrogen-bond acceptors (Lipinski definition) is 2. The summed E-state index contributed by atoms with van der Waals surface area (Å²) in [6.07, 6.45) is -0.170. The molecule has 0 spiro atoms. The van der Waals surface area contributed by atoms with E-state index in [1.54, 1.807) is 0 Å². The summed E-state index contributed by atoms with van der Waals surface area (Å²) < 4.78 is 0. The van der Waals surface area contributed by atoms with Gasteiger partial charge in [-0.15, -0.1) is 0 Å². The van der Waals surface area contributed by atoms with Crippen LogP contribution in [0, 0.1) is 0 Å². The first-order chi connectivity index (χ1) is 11.8. The van der Waals surface area contributed by atoms with E-state index < -0.39 is 0 Å². The van der Waals surface area contributed by atoms with Gasteiger partial charge in [-0.3, -0.25) is 9.69 Å². The van der Waals surface area contributed by atoms with Gasteiger partial charge in [0.1, 0.15) is 6.17 Å². The zero-order valence-electron chi connectivity index (χ0n) is 13.5. The summed E-state index contributed by atoms with van der Waals surface area (Å²) >= 11 is 0. The van der Waals surface area contributed by atoms with Gasteiger partial charge in [0.2, 0.25) is 0 Å². The molecule has 0 aromatic heterocycles. The van der Waals surface area contributed by atoms with Crippen LogP contribution in [-0.4, -0.2) is 13.0 Å². The minimum Gasteiger partial charge on any atom is -0.349 e. The zero-order chi connectivity index (χ0) is 16.5. The lowest BCUT2D eigenvalue weighted by atomic mass is 10.0. The molecule has 4 rings (SSSR count). The van der Waals surface area contributed by atoms with Gasteiger partial charge in [0.05, 0.1) is 11.3 Å². The molecule has 1 aliphatic rings. The van der Waals surface area contributed by atoms with Gasteiger partial charge in [-0.05, 0) is 29.8 Å². The summed E-state index contributed by atoms with van der Waals surface area (Å²) in [6.45, 7) is 0. The van der Waals surface area contributed by atoms with Crippen LogP contribution in [0.5, 0.6) is 0 Å². The predicted molar refractivity (Wildman–Crippen MR) is 97.3 cm³/mol. The Kier molecular flexibility index (Phi) is 3.54. The van der Waals surface area contributed by atoms with Crippen LogP contribution in [0.3, 0.4) is 0 Å². The third-order valence-corrected chi connectivity index (χ3v) is 4.48. The molecular formula is C21H18N2O. The average molecular weight is 314 g/mol. The van der Waals surface area contributed by atoms with Gasteiger partial charge < -0.3 is 4.90 Å². The van der Waals surface area contributed by atoms with Crippen LogP contribution in [0.4, 0.5) is 11.4 Å². The van der Waals surface area contributed by atoms with Crippen molar-refractivity contribution in [2.24, 2.45) is 0 Å². The molecule has 1 atom stereocenters. The number of rotatable bonds is 2. The van der Waals surface area contributed by atoms with Crippen LogP contribution in [0.15, 0.2) is 84.9 Å². The monoisotopic (exact) mass is 314 g/mol. The number of para-hydroxylation sites is 2. The number of amides is 1. The molecule has 1 unspecified atom stereocenters. The standard InChI is InChI=1S/C21H18N2O/c1-22-19-15-9-8-14-18(19)21(24)23(17-12-6-3-7-13-17)20(22)16-10-4-2-5-11-16/h2-15,20H,1H3. The third-order valence-electron chi connectivity index (χ3n) is 4.48. The summed E-state index contributed by atoms with van der Waals surface area (Å²) in [6, 6.07) is 27.8. The number of benzene rings is 3. The molecule has 1 heterocycles. The van der Waals surface area contributed by atoms with Crippen molar-refractivity contribution >= 4 is 17.3 Å². The number of fused-ring (bicyclic) bond motifs is 1. The van der Waals surface area contributed by atoms with E-state index in [0.29, 0.717) is 0 Å². The second-order valence-electron chi connectivity index (χ2n) is 5.92. The Hall–Kier alpha value is -3.07. The maximum atomic E-state index is 13.2. The first-order valence-electron chi connectivity index (χ1n) is 8.03. The third kappa shape index (κ3) is 2.26. The first kappa shape index (κ1) is 14.5. The number of nitrogens with zero attached hydrogens (tertiary/aromatic N) is 2. The number of anilines is 2. The number of carbonyl (C=O) groups excluding carboxylic acids is 1. The SMILES string of the molecule is CN1c2ccccc2C(=O)N(c2ccccc2)C1c1ccccc1. The summed E-state index contributed by atoms with van der Waals surface area (Å²) in [5.41, 5.74) is 3.68.